The van der Waals surface area contributed by atoms with Gasteiger partial charge in [-0.25, -0.2) is 0 Å². The number of rotatable bonds is 3. The van der Waals surface area contributed by atoms with Crippen LogP contribution in [-0.2, 0) is 0 Å². The lowest BCUT2D eigenvalue weighted by Gasteiger charge is -2.26. The minimum Gasteiger partial charge on any atom is -0.329 e. The largest absolute Gasteiger partial charge is 0.329 e. The Morgan fingerprint density at radius 1 is 1.06 bits per heavy atom. The molecule has 0 aromatic rings. The Kier molecular flexibility index (Phi) is 8.56. The Labute approximate surface area is 105 Å². The average Bonchev–Trinajstić information content (AvgIpc) is 2.42. The van der Waals surface area contributed by atoms with Gasteiger partial charge in [0, 0.05) is 51.9 Å². The van der Waals surface area contributed by atoms with E-state index in [1.54, 1.807) is 0 Å². The van der Waals surface area contributed by atoms with E-state index in [2.05, 4.69) is 15.5 Å². The highest BCUT2D eigenvalue weighted by Gasteiger charge is 2.08. The molecule has 102 valence electrons. The van der Waals surface area contributed by atoms with Gasteiger partial charge >= 0.3 is 0 Å². The van der Waals surface area contributed by atoms with Crippen molar-refractivity contribution < 1.29 is 0 Å². The van der Waals surface area contributed by atoms with Crippen LogP contribution in [0.15, 0.2) is 0 Å². The van der Waals surface area contributed by atoms with Gasteiger partial charge in [-0.05, 0) is 19.4 Å². The Morgan fingerprint density at radius 3 is 2.29 bits per heavy atom. The number of nitrogens with zero attached hydrogens (tertiary/aromatic N) is 1. The summed E-state index contributed by atoms with van der Waals surface area (Å²) in [4.78, 5) is 2.39. The Morgan fingerprint density at radius 2 is 1.82 bits per heavy atom. The number of piperidine rings is 1. The van der Waals surface area contributed by atoms with Crippen molar-refractivity contribution in [2.24, 2.45) is 11.5 Å². The molecule has 0 aromatic heterocycles. The molecule has 0 spiro atoms. The maximum atomic E-state index is 5.44. The zero-order valence-corrected chi connectivity index (χ0v) is 11.0. The van der Waals surface area contributed by atoms with Crippen molar-refractivity contribution in [1.82, 2.24) is 15.5 Å². The van der Waals surface area contributed by atoms with Crippen molar-refractivity contribution in [3.63, 3.8) is 0 Å². The fraction of sp³-hybridized carbons (Fsp3) is 1.00. The molecule has 0 aromatic carbocycles. The summed E-state index contributed by atoms with van der Waals surface area (Å²) < 4.78 is 0. The molecule has 1 unspecified atom stereocenters. The van der Waals surface area contributed by atoms with Crippen LogP contribution in [0.2, 0.25) is 0 Å². The monoisotopic (exact) mass is 243 g/mol. The normalized spacial score (nSPS) is 26.1. The first kappa shape index (κ1) is 14.9. The van der Waals surface area contributed by atoms with Crippen LogP contribution in [0.5, 0.6) is 0 Å². The van der Waals surface area contributed by atoms with Gasteiger partial charge in [0.05, 0.1) is 0 Å². The molecule has 5 heteroatoms. The van der Waals surface area contributed by atoms with Crippen molar-refractivity contribution >= 4 is 0 Å². The van der Waals surface area contributed by atoms with Crippen LogP contribution >= 0.6 is 0 Å². The number of piperazine rings is 1. The van der Waals surface area contributed by atoms with E-state index < -0.39 is 0 Å². The summed E-state index contributed by atoms with van der Waals surface area (Å²) >= 11 is 0. The minimum absolute atomic E-state index is 0.615. The number of nitrogens with one attached hydrogen (secondary N) is 2. The lowest BCUT2D eigenvalue weighted by atomic mass is 10.1. The van der Waals surface area contributed by atoms with E-state index >= 15 is 0 Å². The van der Waals surface area contributed by atoms with Gasteiger partial charge in [-0.3, -0.25) is 4.90 Å². The molecule has 2 aliphatic rings. The topological polar surface area (TPSA) is 79.3 Å². The molecule has 17 heavy (non-hydrogen) atoms. The fourth-order valence-corrected chi connectivity index (χ4v) is 2.24. The third kappa shape index (κ3) is 6.95. The summed E-state index contributed by atoms with van der Waals surface area (Å²) in [6, 6.07) is 0.615. The van der Waals surface area contributed by atoms with Gasteiger partial charge in [-0.1, -0.05) is 6.42 Å². The van der Waals surface area contributed by atoms with Crippen molar-refractivity contribution in [1.29, 1.82) is 0 Å². The lowest BCUT2D eigenvalue weighted by Crippen LogP contribution is -2.45. The Hall–Kier alpha value is -0.200. The third-order valence-corrected chi connectivity index (χ3v) is 3.35. The van der Waals surface area contributed by atoms with Gasteiger partial charge in [0.2, 0.25) is 0 Å². The van der Waals surface area contributed by atoms with Crippen LogP contribution < -0.4 is 22.1 Å². The predicted molar refractivity (Wildman–Crippen MR) is 73.1 cm³/mol. The Bertz CT molecular complexity index is 162. The van der Waals surface area contributed by atoms with Crippen molar-refractivity contribution in [3.8, 4) is 0 Å². The van der Waals surface area contributed by atoms with Crippen molar-refractivity contribution in [2.45, 2.75) is 25.3 Å². The van der Waals surface area contributed by atoms with Crippen molar-refractivity contribution in [2.75, 3.05) is 52.4 Å². The molecule has 0 bridgehead atoms. The summed E-state index contributed by atoms with van der Waals surface area (Å²) in [5.41, 5.74) is 10.8. The maximum Gasteiger partial charge on any atom is 0.0190 e. The summed E-state index contributed by atoms with van der Waals surface area (Å²) in [7, 11) is 0. The van der Waals surface area contributed by atoms with E-state index in [-0.39, 0.29) is 0 Å². The van der Waals surface area contributed by atoms with Crippen LogP contribution in [-0.4, -0.2) is 63.3 Å². The molecule has 2 heterocycles. The van der Waals surface area contributed by atoms with E-state index in [4.69, 9.17) is 11.5 Å². The minimum atomic E-state index is 0.615. The van der Waals surface area contributed by atoms with E-state index in [0.29, 0.717) is 6.04 Å². The van der Waals surface area contributed by atoms with Crippen LogP contribution in [0.3, 0.4) is 0 Å². The number of hydrogen-bond donors (Lipinski definition) is 4. The van der Waals surface area contributed by atoms with Gasteiger partial charge in [0.15, 0.2) is 0 Å². The molecule has 0 radical (unpaired) electrons. The first-order chi connectivity index (χ1) is 8.36. The second-order valence-electron chi connectivity index (χ2n) is 4.76. The summed E-state index contributed by atoms with van der Waals surface area (Å²) in [5.74, 6) is 0. The van der Waals surface area contributed by atoms with Gasteiger partial charge in [0.1, 0.15) is 0 Å². The predicted octanol–water partition coefficient (Wildman–Crippen LogP) is -1.06. The molecule has 5 nitrogen and oxygen atoms in total. The zero-order chi connectivity index (χ0) is 12.3. The smallest absolute Gasteiger partial charge is 0.0190 e. The van der Waals surface area contributed by atoms with Gasteiger partial charge in [0.25, 0.3) is 0 Å². The molecule has 2 fully saturated rings. The van der Waals surface area contributed by atoms with E-state index in [1.807, 2.05) is 0 Å². The average molecular weight is 243 g/mol. The third-order valence-electron chi connectivity index (χ3n) is 3.35. The van der Waals surface area contributed by atoms with E-state index in [0.717, 1.165) is 45.8 Å². The number of nitrogens with two attached hydrogens (primary N) is 2. The number of hydrogen-bond acceptors (Lipinski definition) is 5. The standard InChI is InChI=1S/C6H15N3.C6H14N2/c7-1-4-9-5-2-8-3-6-9;7-5-6-3-1-2-4-8-6/h8H,1-7H2;6,8H,1-5,7H2. The first-order valence-electron chi connectivity index (χ1n) is 6.93. The van der Waals surface area contributed by atoms with Crippen LogP contribution in [0, 0.1) is 0 Å². The first-order valence-corrected chi connectivity index (χ1v) is 6.93. The molecule has 0 saturated carbocycles. The molecule has 2 saturated heterocycles. The van der Waals surface area contributed by atoms with Gasteiger partial charge < -0.3 is 22.1 Å². The molecule has 1 atom stereocenters. The molecule has 0 aliphatic carbocycles. The molecule has 2 rings (SSSR count). The summed E-state index contributed by atoms with van der Waals surface area (Å²) in [6.45, 7) is 8.40. The lowest BCUT2D eigenvalue weighted by molar-refractivity contribution is 0.247. The van der Waals surface area contributed by atoms with Crippen molar-refractivity contribution in [3.05, 3.63) is 0 Å². The summed E-state index contributed by atoms with van der Waals surface area (Å²) in [5, 5.41) is 6.63. The second kappa shape index (κ2) is 9.79. The molecule has 6 N–H and O–H groups in total. The van der Waals surface area contributed by atoms with Gasteiger partial charge in [-0.15, -0.1) is 0 Å². The van der Waals surface area contributed by atoms with Crippen LogP contribution in [0.25, 0.3) is 0 Å². The van der Waals surface area contributed by atoms with Crippen LogP contribution in [0.4, 0.5) is 0 Å². The van der Waals surface area contributed by atoms with Gasteiger partial charge in [-0.2, -0.15) is 0 Å². The highest BCUT2D eigenvalue weighted by Crippen LogP contribution is 2.04. The molecule has 0 amide bonds. The molecular formula is C12H29N5. The Balaban J connectivity index is 0.000000171. The van der Waals surface area contributed by atoms with E-state index in [1.165, 1.54) is 25.8 Å². The fourth-order valence-electron chi connectivity index (χ4n) is 2.24. The van der Waals surface area contributed by atoms with Crippen LogP contribution in [0.1, 0.15) is 19.3 Å². The molecule has 2 aliphatic heterocycles. The summed E-state index contributed by atoms with van der Waals surface area (Å²) in [6.07, 6.45) is 3.96. The zero-order valence-electron chi connectivity index (χ0n) is 11.0. The quantitative estimate of drug-likeness (QED) is 0.508. The van der Waals surface area contributed by atoms with E-state index in [9.17, 15) is 0 Å². The molecular weight excluding hydrogens is 214 g/mol. The maximum absolute atomic E-state index is 5.44. The highest BCUT2D eigenvalue weighted by atomic mass is 15.2. The SMILES string of the molecule is NCC1CCCCN1.NCCN1CCNCC1. The highest BCUT2D eigenvalue weighted by molar-refractivity contribution is 4.71. The second-order valence-corrected chi connectivity index (χ2v) is 4.76.